The Morgan fingerprint density at radius 3 is 2.78 bits per heavy atom. The standard InChI is InChI=1S/C14H20O4/c1-8(5-12-9(2)17-12)14(15)16-7-10-3-4-11-13(6-10)18-11/h5,9-13H,3-4,6-7H2,1-2H3. The lowest BCUT2D eigenvalue weighted by molar-refractivity contribution is -0.140. The highest BCUT2D eigenvalue weighted by molar-refractivity contribution is 5.87. The SMILES string of the molecule is CC(=CC1OC1C)C(=O)OCC1CCC2OC2C1. The largest absolute Gasteiger partial charge is 0.462 e. The van der Waals surface area contributed by atoms with Gasteiger partial charge in [0, 0.05) is 5.57 Å². The Kier molecular flexibility index (Phi) is 3.16. The zero-order valence-corrected chi connectivity index (χ0v) is 10.9. The molecule has 0 bridgehead atoms. The van der Waals surface area contributed by atoms with Gasteiger partial charge in [0.15, 0.2) is 0 Å². The van der Waals surface area contributed by atoms with Crippen LogP contribution in [0.2, 0.25) is 0 Å². The molecule has 0 radical (unpaired) electrons. The second kappa shape index (κ2) is 4.67. The van der Waals surface area contributed by atoms with Crippen molar-refractivity contribution in [1.82, 2.24) is 0 Å². The van der Waals surface area contributed by atoms with Crippen LogP contribution in [0.3, 0.4) is 0 Å². The second-order valence-electron chi connectivity index (χ2n) is 5.65. The van der Waals surface area contributed by atoms with Gasteiger partial charge in [0.2, 0.25) is 0 Å². The third-order valence-electron chi connectivity index (χ3n) is 4.06. The zero-order valence-electron chi connectivity index (χ0n) is 10.9. The first kappa shape index (κ1) is 12.2. The van der Waals surface area contributed by atoms with Crippen LogP contribution in [0.5, 0.6) is 0 Å². The van der Waals surface area contributed by atoms with E-state index in [4.69, 9.17) is 14.2 Å². The van der Waals surface area contributed by atoms with Crippen molar-refractivity contribution in [2.75, 3.05) is 6.61 Å². The maximum atomic E-state index is 11.8. The Hall–Kier alpha value is -0.870. The Bertz CT molecular complexity index is 376. The second-order valence-corrected chi connectivity index (χ2v) is 5.65. The molecule has 5 unspecified atom stereocenters. The zero-order chi connectivity index (χ0) is 12.7. The van der Waals surface area contributed by atoms with E-state index in [0.717, 1.165) is 19.3 Å². The molecule has 100 valence electrons. The molecule has 2 aliphatic heterocycles. The van der Waals surface area contributed by atoms with Gasteiger partial charge in [-0.25, -0.2) is 4.79 Å². The molecular formula is C14H20O4. The van der Waals surface area contributed by atoms with Gasteiger partial charge in [0.05, 0.1) is 24.9 Å². The minimum absolute atomic E-state index is 0.104. The van der Waals surface area contributed by atoms with Gasteiger partial charge in [-0.1, -0.05) is 0 Å². The quantitative estimate of drug-likeness (QED) is 0.435. The topological polar surface area (TPSA) is 51.4 Å². The minimum Gasteiger partial charge on any atom is -0.462 e. The molecule has 4 heteroatoms. The normalized spacial score (nSPS) is 42.1. The van der Waals surface area contributed by atoms with Crippen LogP contribution in [0, 0.1) is 5.92 Å². The van der Waals surface area contributed by atoms with E-state index in [1.165, 1.54) is 0 Å². The monoisotopic (exact) mass is 252 g/mol. The average Bonchev–Trinajstić information content (AvgIpc) is 3.24. The molecule has 1 saturated carbocycles. The summed E-state index contributed by atoms with van der Waals surface area (Å²) in [6.45, 7) is 4.31. The van der Waals surface area contributed by atoms with Gasteiger partial charge in [0.1, 0.15) is 6.10 Å². The molecule has 2 saturated heterocycles. The van der Waals surface area contributed by atoms with Gasteiger partial charge in [0.25, 0.3) is 0 Å². The molecule has 0 spiro atoms. The molecule has 0 aromatic heterocycles. The predicted octanol–water partition coefficient (Wildman–Crippen LogP) is 1.83. The molecule has 3 rings (SSSR count). The number of fused-ring (bicyclic) bond motifs is 1. The van der Waals surface area contributed by atoms with Crippen molar-refractivity contribution < 1.29 is 19.0 Å². The minimum atomic E-state index is -0.212. The van der Waals surface area contributed by atoms with Crippen LogP contribution in [0.4, 0.5) is 0 Å². The Labute approximate surface area is 107 Å². The number of hydrogen-bond acceptors (Lipinski definition) is 4. The van der Waals surface area contributed by atoms with Crippen molar-refractivity contribution >= 4 is 5.97 Å². The van der Waals surface area contributed by atoms with Crippen molar-refractivity contribution in [1.29, 1.82) is 0 Å². The van der Waals surface area contributed by atoms with E-state index in [1.807, 2.05) is 13.0 Å². The van der Waals surface area contributed by atoms with Crippen LogP contribution >= 0.6 is 0 Å². The van der Waals surface area contributed by atoms with Crippen LogP contribution in [0.15, 0.2) is 11.6 Å². The summed E-state index contributed by atoms with van der Waals surface area (Å²) in [7, 11) is 0. The van der Waals surface area contributed by atoms with Gasteiger partial charge in [-0.3, -0.25) is 0 Å². The summed E-state index contributed by atoms with van der Waals surface area (Å²) >= 11 is 0. The highest BCUT2D eigenvalue weighted by atomic mass is 16.6. The fourth-order valence-electron chi connectivity index (χ4n) is 2.64. The van der Waals surface area contributed by atoms with Gasteiger partial charge in [-0.2, -0.15) is 0 Å². The van der Waals surface area contributed by atoms with Gasteiger partial charge in [-0.15, -0.1) is 0 Å². The lowest BCUT2D eigenvalue weighted by Gasteiger charge is -2.18. The van der Waals surface area contributed by atoms with E-state index in [2.05, 4.69) is 0 Å². The lowest BCUT2D eigenvalue weighted by Crippen LogP contribution is -2.20. The molecule has 3 fully saturated rings. The summed E-state index contributed by atoms with van der Waals surface area (Å²) in [6, 6.07) is 0. The molecule has 0 aromatic carbocycles. The number of ether oxygens (including phenoxy) is 3. The van der Waals surface area contributed by atoms with Crippen LogP contribution in [0.25, 0.3) is 0 Å². The number of rotatable bonds is 4. The van der Waals surface area contributed by atoms with Crippen LogP contribution in [-0.4, -0.2) is 37.0 Å². The van der Waals surface area contributed by atoms with Crippen molar-refractivity contribution in [2.24, 2.45) is 5.92 Å². The number of carbonyl (C=O) groups is 1. The first-order chi connectivity index (χ1) is 8.63. The highest BCUT2D eigenvalue weighted by Crippen LogP contribution is 2.39. The van der Waals surface area contributed by atoms with Crippen LogP contribution < -0.4 is 0 Å². The molecule has 0 amide bonds. The first-order valence-corrected chi connectivity index (χ1v) is 6.80. The highest BCUT2D eigenvalue weighted by Gasteiger charge is 2.44. The van der Waals surface area contributed by atoms with E-state index in [-0.39, 0.29) is 18.2 Å². The van der Waals surface area contributed by atoms with Gasteiger partial charge < -0.3 is 14.2 Å². The molecule has 4 nitrogen and oxygen atoms in total. The summed E-state index contributed by atoms with van der Waals surface area (Å²) < 4.78 is 16.1. The maximum Gasteiger partial charge on any atom is 0.333 e. The fraction of sp³-hybridized carbons (Fsp3) is 0.786. The molecule has 1 aliphatic carbocycles. The Morgan fingerprint density at radius 1 is 1.33 bits per heavy atom. The summed E-state index contributed by atoms with van der Waals surface area (Å²) in [4.78, 5) is 11.8. The van der Waals surface area contributed by atoms with Crippen LogP contribution in [0.1, 0.15) is 33.1 Å². The van der Waals surface area contributed by atoms with Gasteiger partial charge >= 0.3 is 5.97 Å². The number of hydrogen-bond donors (Lipinski definition) is 0. The van der Waals surface area contributed by atoms with E-state index in [9.17, 15) is 4.79 Å². The van der Waals surface area contributed by atoms with Crippen molar-refractivity contribution in [3.63, 3.8) is 0 Å². The Balaban J connectivity index is 1.41. The average molecular weight is 252 g/mol. The van der Waals surface area contributed by atoms with Crippen LogP contribution in [-0.2, 0) is 19.0 Å². The number of epoxide rings is 2. The Morgan fingerprint density at radius 2 is 2.11 bits per heavy atom. The third-order valence-corrected chi connectivity index (χ3v) is 4.06. The van der Waals surface area contributed by atoms with Crippen molar-refractivity contribution in [2.45, 2.75) is 57.5 Å². The number of carbonyl (C=O) groups excluding carboxylic acids is 1. The molecule has 0 aromatic rings. The van der Waals surface area contributed by atoms with E-state index in [0.29, 0.717) is 30.3 Å². The molecule has 18 heavy (non-hydrogen) atoms. The molecule has 0 N–H and O–H groups in total. The maximum absolute atomic E-state index is 11.8. The first-order valence-electron chi connectivity index (χ1n) is 6.80. The summed E-state index contributed by atoms with van der Waals surface area (Å²) in [5.74, 6) is 0.262. The van der Waals surface area contributed by atoms with Crippen molar-refractivity contribution in [3.8, 4) is 0 Å². The molecular weight excluding hydrogens is 232 g/mol. The predicted molar refractivity (Wildman–Crippen MR) is 65.1 cm³/mol. The third kappa shape index (κ3) is 2.75. The smallest absolute Gasteiger partial charge is 0.333 e. The summed E-state index contributed by atoms with van der Waals surface area (Å²) in [5.41, 5.74) is 0.653. The van der Waals surface area contributed by atoms with Gasteiger partial charge in [-0.05, 0) is 45.1 Å². The van der Waals surface area contributed by atoms with E-state index >= 15 is 0 Å². The summed E-state index contributed by atoms with van der Waals surface area (Å²) in [6.07, 6.45) is 6.43. The lowest BCUT2D eigenvalue weighted by atomic mass is 9.90. The number of esters is 1. The fourth-order valence-corrected chi connectivity index (χ4v) is 2.64. The molecule has 2 heterocycles. The molecule has 3 aliphatic rings. The van der Waals surface area contributed by atoms with E-state index in [1.54, 1.807) is 6.92 Å². The molecule has 5 atom stereocenters. The summed E-state index contributed by atoms with van der Waals surface area (Å²) in [5, 5.41) is 0. The van der Waals surface area contributed by atoms with E-state index < -0.39 is 0 Å². The van der Waals surface area contributed by atoms with Crippen molar-refractivity contribution in [3.05, 3.63) is 11.6 Å².